The molecule has 2 amide bonds. The Balaban J connectivity index is 1.80. The number of allylic oxidation sites excluding steroid dienone is 1. The third kappa shape index (κ3) is 4.13. The van der Waals surface area contributed by atoms with Crippen molar-refractivity contribution in [3.63, 3.8) is 0 Å². The zero-order valence-corrected chi connectivity index (χ0v) is 18.5. The Morgan fingerprint density at radius 2 is 1.88 bits per heavy atom. The highest BCUT2D eigenvalue weighted by molar-refractivity contribution is 5.87. The van der Waals surface area contributed by atoms with Crippen molar-refractivity contribution < 1.29 is 18.4 Å². The van der Waals surface area contributed by atoms with E-state index in [0.717, 1.165) is 16.7 Å². The van der Waals surface area contributed by atoms with Gasteiger partial charge in [-0.1, -0.05) is 23.4 Å². The zero-order valence-electron chi connectivity index (χ0n) is 18.5. The number of urea groups is 1. The molecule has 3 aromatic rings. The zero-order chi connectivity index (χ0) is 22.8. The summed E-state index contributed by atoms with van der Waals surface area (Å²) in [6.45, 7) is 6.71. The van der Waals surface area contributed by atoms with Crippen LogP contribution in [0.1, 0.15) is 35.5 Å². The van der Waals surface area contributed by atoms with E-state index < -0.39 is 6.04 Å². The van der Waals surface area contributed by atoms with Crippen LogP contribution in [0.25, 0.3) is 17.0 Å². The predicted molar refractivity (Wildman–Crippen MR) is 118 cm³/mol. The fourth-order valence-electron chi connectivity index (χ4n) is 3.75. The van der Waals surface area contributed by atoms with Crippen LogP contribution in [0.4, 0.5) is 9.18 Å². The van der Waals surface area contributed by atoms with Crippen LogP contribution in [0.2, 0.25) is 0 Å². The van der Waals surface area contributed by atoms with Crippen LogP contribution in [0.15, 0.2) is 52.7 Å². The number of ether oxygens (including phenoxy) is 1. The SMILES string of the molecule is COCCN1C(=O)NC(c2ccc(C)c(C)c2)C(c2nc(-c3ccc(F)cc3)no2)=C1C. The molecule has 1 aliphatic rings. The number of methoxy groups -OCH3 is 1. The average molecular weight is 436 g/mol. The first-order chi connectivity index (χ1) is 15.4. The molecule has 7 nitrogen and oxygen atoms in total. The quantitative estimate of drug-likeness (QED) is 0.609. The van der Waals surface area contributed by atoms with Crippen molar-refractivity contribution in [2.45, 2.75) is 26.8 Å². The summed E-state index contributed by atoms with van der Waals surface area (Å²) in [4.78, 5) is 19.1. The van der Waals surface area contributed by atoms with E-state index in [9.17, 15) is 9.18 Å². The van der Waals surface area contributed by atoms with Crippen molar-refractivity contribution in [2.75, 3.05) is 20.3 Å². The Bertz CT molecular complexity index is 1170. The van der Waals surface area contributed by atoms with Gasteiger partial charge < -0.3 is 14.6 Å². The Morgan fingerprint density at radius 1 is 1.12 bits per heavy atom. The molecule has 8 heteroatoms. The van der Waals surface area contributed by atoms with Gasteiger partial charge >= 0.3 is 6.03 Å². The number of carbonyl (C=O) groups excluding carboxylic acids is 1. The molecule has 166 valence electrons. The topological polar surface area (TPSA) is 80.5 Å². The molecule has 2 heterocycles. The standard InChI is InChI=1S/C24H25FN4O3/c1-14-5-6-18(13-15(14)2)21-20(16(3)29(11-12-31-4)24(30)26-21)23-27-22(28-32-23)17-7-9-19(25)10-8-17/h5-10,13,21H,11-12H2,1-4H3,(H,26,30). The molecule has 1 aromatic heterocycles. The Hall–Kier alpha value is -3.52. The minimum atomic E-state index is -0.456. The highest BCUT2D eigenvalue weighted by atomic mass is 19.1. The lowest BCUT2D eigenvalue weighted by molar-refractivity contribution is 0.158. The van der Waals surface area contributed by atoms with Crippen molar-refractivity contribution in [3.8, 4) is 11.4 Å². The molecular weight excluding hydrogens is 411 g/mol. The second-order valence-electron chi connectivity index (χ2n) is 7.80. The average Bonchev–Trinajstić information content (AvgIpc) is 3.25. The predicted octanol–water partition coefficient (Wildman–Crippen LogP) is 4.64. The molecule has 0 spiro atoms. The third-order valence-corrected chi connectivity index (χ3v) is 5.74. The summed E-state index contributed by atoms with van der Waals surface area (Å²) in [5.74, 6) is 0.307. The fourth-order valence-corrected chi connectivity index (χ4v) is 3.75. The molecule has 0 bridgehead atoms. The van der Waals surface area contributed by atoms with Crippen molar-refractivity contribution in [3.05, 3.63) is 76.6 Å². The van der Waals surface area contributed by atoms with Gasteiger partial charge in [-0.15, -0.1) is 0 Å². The molecule has 4 rings (SSSR count). The first-order valence-corrected chi connectivity index (χ1v) is 10.3. The molecule has 1 unspecified atom stereocenters. The second-order valence-corrected chi connectivity index (χ2v) is 7.80. The summed E-state index contributed by atoms with van der Waals surface area (Å²) in [5, 5.41) is 7.16. The van der Waals surface area contributed by atoms with Crippen molar-refractivity contribution >= 4 is 11.6 Å². The number of rotatable bonds is 6. The third-order valence-electron chi connectivity index (χ3n) is 5.74. The van der Waals surface area contributed by atoms with Crippen LogP contribution in [0, 0.1) is 19.7 Å². The van der Waals surface area contributed by atoms with E-state index in [1.807, 2.05) is 32.9 Å². The summed E-state index contributed by atoms with van der Waals surface area (Å²) in [6.07, 6.45) is 0. The summed E-state index contributed by atoms with van der Waals surface area (Å²) < 4.78 is 24.1. The number of hydrogen-bond acceptors (Lipinski definition) is 5. The number of nitrogens with zero attached hydrogens (tertiary/aromatic N) is 3. The van der Waals surface area contributed by atoms with Gasteiger partial charge in [-0.2, -0.15) is 4.98 Å². The Kier molecular flexibility index (Phi) is 6.05. The van der Waals surface area contributed by atoms with Crippen LogP contribution in [0.3, 0.4) is 0 Å². The number of halogens is 1. The van der Waals surface area contributed by atoms with E-state index in [1.165, 1.54) is 12.1 Å². The maximum absolute atomic E-state index is 13.3. The lowest BCUT2D eigenvalue weighted by Gasteiger charge is -2.35. The maximum atomic E-state index is 13.3. The highest BCUT2D eigenvalue weighted by Gasteiger charge is 2.35. The molecule has 1 atom stereocenters. The number of benzene rings is 2. The number of hydrogen-bond donors (Lipinski definition) is 1. The Morgan fingerprint density at radius 3 is 2.56 bits per heavy atom. The highest BCUT2D eigenvalue weighted by Crippen LogP contribution is 2.37. The van der Waals surface area contributed by atoms with Crippen molar-refractivity contribution in [1.29, 1.82) is 0 Å². The monoisotopic (exact) mass is 436 g/mol. The molecule has 1 aliphatic heterocycles. The van der Waals surface area contributed by atoms with Crippen LogP contribution in [-0.4, -0.2) is 41.3 Å². The van der Waals surface area contributed by atoms with E-state index in [-0.39, 0.29) is 11.8 Å². The first kappa shape index (κ1) is 21.7. The smallest absolute Gasteiger partial charge is 0.322 e. The van der Waals surface area contributed by atoms with Gasteiger partial charge in [0.15, 0.2) is 0 Å². The van der Waals surface area contributed by atoms with Crippen LogP contribution in [-0.2, 0) is 4.74 Å². The van der Waals surface area contributed by atoms with Crippen molar-refractivity contribution in [1.82, 2.24) is 20.4 Å². The Labute approximate surface area is 185 Å². The van der Waals surface area contributed by atoms with Gasteiger partial charge in [-0.3, -0.25) is 4.90 Å². The lowest BCUT2D eigenvalue weighted by atomic mass is 9.92. The minimum Gasteiger partial charge on any atom is -0.383 e. The van der Waals surface area contributed by atoms with Gasteiger partial charge in [-0.05, 0) is 61.7 Å². The van der Waals surface area contributed by atoms with Gasteiger partial charge in [-0.25, -0.2) is 9.18 Å². The number of amides is 2. The van der Waals surface area contributed by atoms with E-state index in [4.69, 9.17) is 9.26 Å². The van der Waals surface area contributed by atoms with Gasteiger partial charge in [0.05, 0.1) is 24.8 Å². The number of aryl methyl sites for hydroxylation is 2. The van der Waals surface area contributed by atoms with Crippen LogP contribution < -0.4 is 5.32 Å². The molecule has 0 aliphatic carbocycles. The molecule has 2 aromatic carbocycles. The molecular formula is C24H25FN4O3. The van der Waals surface area contributed by atoms with Gasteiger partial charge in [0, 0.05) is 18.4 Å². The molecule has 0 fully saturated rings. The minimum absolute atomic E-state index is 0.218. The van der Waals surface area contributed by atoms with E-state index in [2.05, 4.69) is 21.5 Å². The normalized spacial score (nSPS) is 16.5. The summed E-state index contributed by atoms with van der Waals surface area (Å²) in [5.41, 5.74) is 5.26. The fraction of sp³-hybridized carbons (Fsp3) is 0.292. The molecule has 0 radical (unpaired) electrons. The summed E-state index contributed by atoms with van der Waals surface area (Å²) in [6, 6.07) is 11.3. The number of nitrogens with one attached hydrogen (secondary N) is 1. The second kappa shape index (κ2) is 8.92. The van der Waals surface area contributed by atoms with Gasteiger partial charge in [0.2, 0.25) is 5.82 Å². The number of aromatic nitrogens is 2. The molecule has 1 N–H and O–H groups in total. The summed E-state index contributed by atoms with van der Waals surface area (Å²) in [7, 11) is 1.59. The summed E-state index contributed by atoms with van der Waals surface area (Å²) >= 11 is 0. The van der Waals surface area contributed by atoms with E-state index in [0.29, 0.717) is 41.7 Å². The van der Waals surface area contributed by atoms with E-state index in [1.54, 1.807) is 24.1 Å². The maximum Gasteiger partial charge on any atom is 0.322 e. The lowest BCUT2D eigenvalue weighted by Crippen LogP contribution is -2.47. The van der Waals surface area contributed by atoms with Gasteiger partial charge in [0.1, 0.15) is 5.82 Å². The van der Waals surface area contributed by atoms with E-state index >= 15 is 0 Å². The largest absolute Gasteiger partial charge is 0.383 e. The van der Waals surface area contributed by atoms with Crippen LogP contribution >= 0.6 is 0 Å². The molecule has 32 heavy (non-hydrogen) atoms. The first-order valence-electron chi connectivity index (χ1n) is 10.3. The van der Waals surface area contributed by atoms with Crippen molar-refractivity contribution in [2.24, 2.45) is 0 Å². The van der Waals surface area contributed by atoms with Gasteiger partial charge in [0.25, 0.3) is 5.89 Å². The van der Waals surface area contributed by atoms with Crippen LogP contribution in [0.5, 0.6) is 0 Å². The number of carbonyl (C=O) groups is 1. The molecule has 0 saturated heterocycles. The molecule has 0 saturated carbocycles.